The molecule has 6 heteroatoms. The monoisotopic (exact) mass is 326 g/mol. The Morgan fingerprint density at radius 3 is 2.40 bits per heavy atom. The van der Waals surface area contributed by atoms with Crippen molar-refractivity contribution in [3.63, 3.8) is 0 Å². The summed E-state index contributed by atoms with van der Waals surface area (Å²) in [6.07, 6.45) is 4.46. The average molecular weight is 327 g/mol. The van der Waals surface area contributed by atoms with Gasteiger partial charge in [0.05, 0.1) is 5.92 Å². The van der Waals surface area contributed by atoms with E-state index in [1.165, 1.54) is 12.8 Å². The van der Waals surface area contributed by atoms with E-state index in [0.29, 0.717) is 0 Å². The molecule has 2 saturated heterocycles. The fraction of sp³-hybridized carbons (Fsp3) is 0.929. The molecule has 0 aliphatic carbocycles. The van der Waals surface area contributed by atoms with Crippen LogP contribution in [0.15, 0.2) is 0 Å². The van der Waals surface area contributed by atoms with Gasteiger partial charge in [0.25, 0.3) is 0 Å². The second-order valence-corrected chi connectivity index (χ2v) is 6.15. The van der Waals surface area contributed by atoms with Crippen LogP contribution in [0.5, 0.6) is 0 Å². The molecule has 0 aromatic rings. The number of hydrogen-bond donors (Lipinski definition) is 1. The van der Waals surface area contributed by atoms with Gasteiger partial charge in [-0.1, -0.05) is 13.3 Å². The largest absolute Gasteiger partial charge is 0.481 e. The van der Waals surface area contributed by atoms with Crippen LogP contribution >= 0.6 is 24.8 Å². The van der Waals surface area contributed by atoms with Crippen LogP contribution in [0.25, 0.3) is 0 Å². The number of likely N-dealkylation sites (tertiary alicyclic amines) is 2. The summed E-state index contributed by atoms with van der Waals surface area (Å²) in [5.74, 6) is -0.735. The number of aliphatic carboxylic acids is 1. The molecule has 0 radical (unpaired) electrons. The molecule has 2 heterocycles. The Morgan fingerprint density at radius 1 is 1.30 bits per heavy atom. The van der Waals surface area contributed by atoms with Gasteiger partial charge in [-0.25, -0.2) is 0 Å². The number of carboxylic acid groups (broad SMARTS) is 1. The summed E-state index contributed by atoms with van der Waals surface area (Å²) in [7, 11) is 2.13. The van der Waals surface area contributed by atoms with E-state index in [1.54, 1.807) is 0 Å². The number of halogens is 2. The first kappa shape index (κ1) is 20.0. The molecule has 2 fully saturated rings. The molecule has 2 rings (SSSR count). The Morgan fingerprint density at radius 2 is 1.90 bits per heavy atom. The zero-order valence-corrected chi connectivity index (χ0v) is 14.1. The van der Waals surface area contributed by atoms with Crippen molar-refractivity contribution in [3.05, 3.63) is 0 Å². The normalized spacial score (nSPS) is 26.0. The van der Waals surface area contributed by atoms with Crippen molar-refractivity contribution in [1.82, 2.24) is 9.80 Å². The smallest absolute Gasteiger partial charge is 0.308 e. The summed E-state index contributed by atoms with van der Waals surface area (Å²) >= 11 is 0. The first-order chi connectivity index (χ1) is 8.57. The van der Waals surface area contributed by atoms with Crippen LogP contribution in [0.2, 0.25) is 0 Å². The van der Waals surface area contributed by atoms with E-state index in [2.05, 4.69) is 23.8 Å². The van der Waals surface area contributed by atoms with Gasteiger partial charge in [0.15, 0.2) is 0 Å². The van der Waals surface area contributed by atoms with Crippen molar-refractivity contribution in [1.29, 1.82) is 0 Å². The maximum atomic E-state index is 11.5. The van der Waals surface area contributed by atoms with Crippen LogP contribution in [0.1, 0.15) is 32.6 Å². The molecule has 4 nitrogen and oxygen atoms in total. The molecule has 0 aromatic carbocycles. The number of carbonyl (C=O) groups is 1. The van der Waals surface area contributed by atoms with Gasteiger partial charge in [0.2, 0.25) is 0 Å². The molecule has 2 aliphatic rings. The molecule has 0 saturated carbocycles. The Balaban J connectivity index is 0.00000180. The lowest BCUT2D eigenvalue weighted by atomic mass is 9.71. The summed E-state index contributed by atoms with van der Waals surface area (Å²) in [4.78, 5) is 16.2. The zero-order valence-electron chi connectivity index (χ0n) is 12.5. The molecule has 1 unspecified atom stereocenters. The topological polar surface area (TPSA) is 43.8 Å². The van der Waals surface area contributed by atoms with Gasteiger partial charge in [0.1, 0.15) is 0 Å². The first-order valence-electron chi connectivity index (χ1n) is 7.21. The Hall–Kier alpha value is -0.0300. The predicted octanol–water partition coefficient (Wildman–Crippen LogP) is 2.36. The quantitative estimate of drug-likeness (QED) is 0.861. The van der Waals surface area contributed by atoms with Crippen molar-refractivity contribution >= 4 is 30.8 Å². The molecule has 0 aromatic heterocycles. The van der Waals surface area contributed by atoms with Gasteiger partial charge in [-0.05, 0) is 45.9 Å². The zero-order chi connectivity index (χ0) is 13.2. The van der Waals surface area contributed by atoms with Crippen LogP contribution in [-0.2, 0) is 4.79 Å². The summed E-state index contributed by atoms with van der Waals surface area (Å²) in [6, 6.07) is 0. The second kappa shape index (κ2) is 8.42. The van der Waals surface area contributed by atoms with Crippen LogP contribution in [-0.4, -0.2) is 60.6 Å². The highest BCUT2D eigenvalue weighted by Gasteiger charge is 2.50. The SMILES string of the molecule is CCCCN1CC(C(=O)O)C2(CCN(C)CC2)C1.Cl.Cl. The Labute approximate surface area is 134 Å². The highest BCUT2D eigenvalue weighted by atomic mass is 35.5. The minimum atomic E-state index is -0.585. The highest BCUT2D eigenvalue weighted by Crippen LogP contribution is 2.44. The van der Waals surface area contributed by atoms with Gasteiger partial charge in [-0.15, -0.1) is 24.8 Å². The maximum absolute atomic E-state index is 11.5. The van der Waals surface area contributed by atoms with E-state index in [1.807, 2.05) is 0 Å². The fourth-order valence-electron chi connectivity index (χ4n) is 3.53. The Bertz CT molecular complexity index is 308. The lowest BCUT2D eigenvalue weighted by Crippen LogP contribution is -2.44. The summed E-state index contributed by atoms with van der Waals surface area (Å²) < 4.78 is 0. The number of carboxylic acids is 1. The van der Waals surface area contributed by atoms with Crippen LogP contribution in [0.3, 0.4) is 0 Å². The van der Waals surface area contributed by atoms with Crippen molar-refractivity contribution in [2.75, 3.05) is 39.8 Å². The van der Waals surface area contributed by atoms with Gasteiger partial charge in [0, 0.05) is 18.5 Å². The third kappa shape index (κ3) is 4.23. The predicted molar refractivity (Wildman–Crippen MR) is 86.1 cm³/mol. The van der Waals surface area contributed by atoms with Crippen molar-refractivity contribution in [3.8, 4) is 0 Å². The van der Waals surface area contributed by atoms with E-state index < -0.39 is 5.97 Å². The third-order valence-electron chi connectivity index (χ3n) is 4.83. The molecule has 1 N–H and O–H groups in total. The molecular formula is C14H28Cl2N2O2. The Kier molecular flexibility index (Phi) is 8.41. The van der Waals surface area contributed by atoms with Crippen molar-refractivity contribution in [2.45, 2.75) is 32.6 Å². The van der Waals surface area contributed by atoms with E-state index in [-0.39, 0.29) is 36.1 Å². The molecule has 0 amide bonds. The van der Waals surface area contributed by atoms with Crippen LogP contribution in [0.4, 0.5) is 0 Å². The number of unbranched alkanes of at least 4 members (excludes halogenated alkanes) is 1. The average Bonchev–Trinajstić information content (AvgIpc) is 2.70. The van der Waals surface area contributed by atoms with Crippen molar-refractivity contribution < 1.29 is 9.90 Å². The number of nitrogens with zero attached hydrogens (tertiary/aromatic N) is 2. The van der Waals surface area contributed by atoms with Crippen LogP contribution < -0.4 is 0 Å². The minimum absolute atomic E-state index is 0. The standard InChI is InChI=1S/C14H26N2O2.2ClH/c1-3-4-7-16-10-12(13(17)18)14(11-16)5-8-15(2)9-6-14;;/h12H,3-11H2,1-2H3,(H,17,18);2*1H. The lowest BCUT2D eigenvalue weighted by Gasteiger charge is -2.40. The van der Waals surface area contributed by atoms with Gasteiger partial charge in [-0.2, -0.15) is 0 Å². The van der Waals surface area contributed by atoms with E-state index >= 15 is 0 Å². The van der Waals surface area contributed by atoms with E-state index in [4.69, 9.17) is 0 Å². The molecular weight excluding hydrogens is 299 g/mol. The second-order valence-electron chi connectivity index (χ2n) is 6.15. The molecule has 2 aliphatic heterocycles. The first-order valence-corrected chi connectivity index (χ1v) is 7.21. The summed E-state index contributed by atoms with van der Waals surface area (Å²) in [6.45, 7) is 7.11. The van der Waals surface area contributed by atoms with E-state index in [0.717, 1.165) is 45.6 Å². The molecule has 1 spiro atoms. The molecule has 120 valence electrons. The number of rotatable bonds is 4. The highest BCUT2D eigenvalue weighted by molar-refractivity contribution is 5.85. The van der Waals surface area contributed by atoms with Gasteiger partial charge >= 0.3 is 5.97 Å². The third-order valence-corrected chi connectivity index (χ3v) is 4.83. The fourth-order valence-corrected chi connectivity index (χ4v) is 3.53. The van der Waals surface area contributed by atoms with Crippen molar-refractivity contribution in [2.24, 2.45) is 11.3 Å². The lowest BCUT2D eigenvalue weighted by molar-refractivity contribution is -0.145. The molecule has 1 atom stereocenters. The van der Waals surface area contributed by atoms with Gasteiger partial charge < -0.3 is 14.9 Å². The van der Waals surface area contributed by atoms with Crippen LogP contribution in [0, 0.1) is 11.3 Å². The minimum Gasteiger partial charge on any atom is -0.481 e. The van der Waals surface area contributed by atoms with Gasteiger partial charge in [-0.3, -0.25) is 4.79 Å². The molecule has 0 bridgehead atoms. The summed E-state index contributed by atoms with van der Waals surface area (Å²) in [5.41, 5.74) is 0.0477. The van der Waals surface area contributed by atoms with E-state index in [9.17, 15) is 9.90 Å². The summed E-state index contributed by atoms with van der Waals surface area (Å²) in [5, 5.41) is 9.50. The molecule has 20 heavy (non-hydrogen) atoms. The maximum Gasteiger partial charge on any atom is 0.308 e. The number of piperidine rings is 1. The number of hydrogen-bond acceptors (Lipinski definition) is 3.